The minimum atomic E-state index is -0.525. The van der Waals surface area contributed by atoms with E-state index in [0.717, 1.165) is 11.1 Å². The molecule has 1 amide bonds. The Hall–Kier alpha value is -2.29. The highest BCUT2D eigenvalue weighted by atomic mass is 16.5. The first-order valence-electron chi connectivity index (χ1n) is 5.77. The second-order valence-corrected chi connectivity index (χ2v) is 3.84. The Bertz CT molecular complexity index is 437. The van der Waals surface area contributed by atoms with Crippen LogP contribution >= 0.6 is 0 Å². The number of ether oxygens (including phenoxy) is 1. The van der Waals surface area contributed by atoms with Gasteiger partial charge in [0.25, 0.3) is 0 Å². The van der Waals surface area contributed by atoms with Gasteiger partial charge in [-0.05, 0) is 11.1 Å². The van der Waals surface area contributed by atoms with Crippen molar-refractivity contribution in [2.75, 3.05) is 0 Å². The van der Waals surface area contributed by atoms with Crippen LogP contribution in [0, 0.1) is 0 Å². The molecular weight excluding hydrogens is 226 g/mol. The molecule has 0 fully saturated rings. The zero-order chi connectivity index (χ0) is 12.6. The molecule has 0 unspecified atom stereocenters. The fourth-order valence-corrected chi connectivity index (χ4v) is 1.50. The first-order valence-corrected chi connectivity index (χ1v) is 5.77. The molecule has 2 aromatic rings. The maximum absolute atomic E-state index is 11.4. The standard InChI is InChI=1S/C15H14NO2/c17-15(16-11-13-7-3-1-4-8-13)18-12-14-9-5-2-6-10-14/h1-10H,11-12H2. The average Bonchev–Trinajstić information content (AvgIpc) is 2.45. The fourth-order valence-electron chi connectivity index (χ4n) is 1.50. The van der Waals surface area contributed by atoms with Gasteiger partial charge >= 0.3 is 6.09 Å². The first kappa shape index (κ1) is 12.2. The van der Waals surface area contributed by atoms with Gasteiger partial charge in [-0.1, -0.05) is 60.7 Å². The Morgan fingerprint density at radius 1 is 0.889 bits per heavy atom. The van der Waals surface area contributed by atoms with Crippen molar-refractivity contribution in [2.45, 2.75) is 13.2 Å². The predicted octanol–water partition coefficient (Wildman–Crippen LogP) is 3.13. The summed E-state index contributed by atoms with van der Waals surface area (Å²) in [5, 5.41) is 3.85. The molecule has 91 valence electrons. The van der Waals surface area contributed by atoms with Crippen LogP contribution in [0.4, 0.5) is 4.79 Å². The third-order valence-corrected chi connectivity index (χ3v) is 2.44. The number of nitrogens with zero attached hydrogens (tertiary/aromatic N) is 1. The first-order chi connectivity index (χ1) is 8.84. The van der Waals surface area contributed by atoms with Crippen molar-refractivity contribution in [2.24, 2.45) is 0 Å². The van der Waals surface area contributed by atoms with Gasteiger partial charge in [0.05, 0.1) is 6.54 Å². The molecule has 2 rings (SSSR count). The van der Waals surface area contributed by atoms with E-state index in [1.54, 1.807) is 0 Å². The van der Waals surface area contributed by atoms with Crippen LogP contribution in [-0.4, -0.2) is 6.09 Å². The summed E-state index contributed by atoms with van der Waals surface area (Å²) >= 11 is 0. The smallest absolute Gasteiger partial charge is 0.429 e. The lowest BCUT2D eigenvalue weighted by Crippen LogP contribution is -2.16. The van der Waals surface area contributed by atoms with Crippen LogP contribution in [0.5, 0.6) is 0 Å². The molecule has 18 heavy (non-hydrogen) atoms. The summed E-state index contributed by atoms with van der Waals surface area (Å²) in [4.78, 5) is 11.4. The molecule has 0 saturated heterocycles. The monoisotopic (exact) mass is 240 g/mol. The van der Waals surface area contributed by atoms with E-state index in [4.69, 9.17) is 4.74 Å². The lowest BCUT2D eigenvalue weighted by Gasteiger charge is -2.04. The average molecular weight is 240 g/mol. The molecule has 3 nitrogen and oxygen atoms in total. The van der Waals surface area contributed by atoms with Crippen molar-refractivity contribution in [1.29, 1.82) is 0 Å². The molecule has 0 bridgehead atoms. The second kappa shape index (κ2) is 6.45. The topological polar surface area (TPSA) is 40.4 Å². The summed E-state index contributed by atoms with van der Waals surface area (Å²) in [6, 6.07) is 19.2. The maximum atomic E-state index is 11.4. The minimum absolute atomic E-state index is 0.262. The van der Waals surface area contributed by atoms with Gasteiger partial charge in [0, 0.05) is 0 Å². The third kappa shape index (κ3) is 3.94. The molecule has 0 N–H and O–H groups in total. The highest BCUT2D eigenvalue weighted by Gasteiger charge is 2.04. The van der Waals surface area contributed by atoms with Gasteiger partial charge in [0.1, 0.15) is 6.61 Å². The zero-order valence-corrected chi connectivity index (χ0v) is 9.95. The molecule has 0 heterocycles. The predicted molar refractivity (Wildman–Crippen MR) is 68.9 cm³/mol. The Morgan fingerprint density at radius 3 is 2.06 bits per heavy atom. The number of carbonyl (C=O) groups excluding carboxylic acids is 1. The van der Waals surface area contributed by atoms with Crippen LogP contribution < -0.4 is 5.32 Å². The van der Waals surface area contributed by atoms with Crippen molar-refractivity contribution in [3.05, 3.63) is 71.8 Å². The van der Waals surface area contributed by atoms with Gasteiger partial charge in [-0.25, -0.2) is 10.1 Å². The molecule has 3 heteroatoms. The van der Waals surface area contributed by atoms with Crippen LogP contribution in [0.25, 0.3) is 0 Å². The highest BCUT2D eigenvalue weighted by Crippen LogP contribution is 2.02. The van der Waals surface area contributed by atoms with Crippen molar-refractivity contribution in [3.8, 4) is 0 Å². The Kier molecular flexibility index (Phi) is 4.36. The number of hydrogen-bond acceptors (Lipinski definition) is 2. The number of hydrogen-bond donors (Lipinski definition) is 0. The molecule has 0 aliphatic heterocycles. The SMILES string of the molecule is O=C([N]Cc1ccccc1)OCc1ccccc1. The molecule has 2 aromatic carbocycles. The molecular formula is C15H14NO2. The van der Waals surface area contributed by atoms with E-state index in [2.05, 4.69) is 5.32 Å². The summed E-state index contributed by atoms with van der Waals surface area (Å²) in [5.41, 5.74) is 1.95. The van der Waals surface area contributed by atoms with Gasteiger partial charge in [-0.2, -0.15) is 0 Å². The van der Waals surface area contributed by atoms with Crippen LogP contribution in [0.1, 0.15) is 11.1 Å². The summed E-state index contributed by atoms with van der Waals surface area (Å²) in [5.74, 6) is 0. The van der Waals surface area contributed by atoms with E-state index in [-0.39, 0.29) is 6.61 Å². The van der Waals surface area contributed by atoms with Crippen LogP contribution in [0.15, 0.2) is 60.7 Å². The Balaban J connectivity index is 1.73. The number of carbonyl (C=O) groups is 1. The molecule has 0 atom stereocenters. The van der Waals surface area contributed by atoms with E-state index < -0.39 is 6.09 Å². The van der Waals surface area contributed by atoms with E-state index >= 15 is 0 Å². The van der Waals surface area contributed by atoms with Gasteiger partial charge < -0.3 is 4.74 Å². The second-order valence-electron chi connectivity index (χ2n) is 3.84. The zero-order valence-electron chi connectivity index (χ0n) is 9.95. The normalized spacial score (nSPS) is 9.78. The Morgan fingerprint density at radius 2 is 1.44 bits per heavy atom. The van der Waals surface area contributed by atoms with Crippen LogP contribution in [-0.2, 0) is 17.9 Å². The summed E-state index contributed by atoms with van der Waals surface area (Å²) < 4.78 is 5.04. The molecule has 1 radical (unpaired) electrons. The van der Waals surface area contributed by atoms with Gasteiger partial charge in [0.2, 0.25) is 0 Å². The van der Waals surface area contributed by atoms with Crippen molar-refractivity contribution in [3.63, 3.8) is 0 Å². The number of rotatable bonds is 4. The molecule has 0 aromatic heterocycles. The van der Waals surface area contributed by atoms with E-state index in [9.17, 15) is 4.79 Å². The van der Waals surface area contributed by atoms with E-state index in [1.165, 1.54) is 0 Å². The lowest BCUT2D eigenvalue weighted by atomic mass is 10.2. The summed E-state index contributed by atoms with van der Waals surface area (Å²) in [6.07, 6.45) is -0.525. The quantitative estimate of drug-likeness (QED) is 0.823. The molecule has 0 saturated carbocycles. The third-order valence-electron chi connectivity index (χ3n) is 2.44. The van der Waals surface area contributed by atoms with E-state index in [0.29, 0.717) is 6.54 Å². The van der Waals surface area contributed by atoms with Crippen molar-refractivity contribution < 1.29 is 9.53 Å². The minimum Gasteiger partial charge on any atom is -0.443 e. The number of amides is 1. The highest BCUT2D eigenvalue weighted by molar-refractivity contribution is 5.66. The van der Waals surface area contributed by atoms with Crippen molar-refractivity contribution in [1.82, 2.24) is 5.32 Å². The number of benzene rings is 2. The van der Waals surface area contributed by atoms with Crippen molar-refractivity contribution >= 4 is 6.09 Å². The summed E-state index contributed by atoms with van der Waals surface area (Å²) in [7, 11) is 0. The maximum Gasteiger partial charge on any atom is 0.429 e. The van der Waals surface area contributed by atoms with E-state index in [1.807, 2.05) is 60.7 Å². The van der Waals surface area contributed by atoms with Gasteiger partial charge in [-0.3, -0.25) is 0 Å². The van der Waals surface area contributed by atoms with Gasteiger partial charge in [0.15, 0.2) is 0 Å². The Labute approximate surface area is 106 Å². The molecule has 0 spiro atoms. The van der Waals surface area contributed by atoms with Crippen LogP contribution in [0.2, 0.25) is 0 Å². The lowest BCUT2D eigenvalue weighted by molar-refractivity contribution is 0.138. The fraction of sp³-hybridized carbons (Fsp3) is 0.133. The largest absolute Gasteiger partial charge is 0.443 e. The molecule has 0 aliphatic rings. The van der Waals surface area contributed by atoms with Crippen LogP contribution in [0.3, 0.4) is 0 Å². The summed E-state index contributed by atoms with van der Waals surface area (Å²) in [6.45, 7) is 0.617. The molecule has 0 aliphatic carbocycles. The van der Waals surface area contributed by atoms with Gasteiger partial charge in [-0.15, -0.1) is 0 Å².